The molecule has 1 N–H and O–H groups in total. The third kappa shape index (κ3) is 5.74. The monoisotopic (exact) mass is 329 g/mol. The van der Waals surface area contributed by atoms with Crippen molar-refractivity contribution in [1.29, 1.82) is 0 Å². The molecule has 1 atom stereocenters. The molecule has 1 aromatic rings. The van der Waals surface area contributed by atoms with Crippen molar-refractivity contribution in [3.63, 3.8) is 0 Å². The van der Waals surface area contributed by atoms with E-state index in [0.29, 0.717) is 5.75 Å². The van der Waals surface area contributed by atoms with Gasteiger partial charge in [0, 0.05) is 4.47 Å². The quantitative estimate of drug-likeness (QED) is 0.809. The molecule has 1 amide bonds. The van der Waals surface area contributed by atoms with Gasteiger partial charge in [-0.15, -0.1) is 0 Å². The summed E-state index contributed by atoms with van der Waals surface area (Å²) in [6.45, 7) is 3.42. The lowest BCUT2D eigenvalue weighted by Gasteiger charge is -2.13. The average molecular weight is 330 g/mol. The van der Waals surface area contributed by atoms with Gasteiger partial charge in [0.05, 0.1) is 6.61 Å². The molecule has 0 bridgehead atoms. The molecule has 0 radical (unpaired) electrons. The van der Waals surface area contributed by atoms with Crippen molar-refractivity contribution in [2.24, 2.45) is 0 Å². The lowest BCUT2D eigenvalue weighted by molar-refractivity contribution is -0.147. The average Bonchev–Trinajstić information content (AvgIpc) is 2.38. The molecule has 19 heavy (non-hydrogen) atoms. The van der Waals surface area contributed by atoms with Crippen molar-refractivity contribution in [1.82, 2.24) is 5.32 Å². The molecule has 1 aromatic carbocycles. The highest BCUT2D eigenvalue weighted by Gasteiger charge is 2.16. The Bertz CT molecular complexity index is 433. The maximum atomic E-state index is 11.5. The summed E-state index contributed by atoms with van der Waals surface area (Å²) in [5, 5.41) is 2.50. The maximum absolute atomic E-state index is 11.5. The van der Waals surface area contributed by atoms with E-state index in [9.17, 15) is 9.59 Å². The van der Waals surface area contributed by atoms with E-state index < -0.39 is 12.0 Å². The van der Waals surface area contributed by atoms with Crippen molar-refractivity contribution in [3.05, 3.63) is 28.7 Å². The van der Waals surface area contributed by atoms with Gasteiger partial charge in [0.1, 0.15) is 11.8 Å². The number of nitrogens with one attached hydrogen (secondary N) is 1. The molecule has 0 aromatic heterocycles. The molecule has 0 aliphatic carbocycles. The van der Waals surface area contributed by atoms with Crippen LogP contribution in [-0.2, 0) is 14.3 Å². The Balaban J connectivity index is 2.35. The van der Waals surface area contributed by atoms with Crippen molar-refractivity contribution in [2.75, 3.05) is 13.2 Å². The molecular formula is C13H16BrNO4. The number of ether oxygens (including phenoxy) is 2. The van der Waals surface area contributed by atoms with E-state index in [0.717, 1.165) is 4.47 Å². The van der Waals surface area contributed by atoms with Crippen LogP contribution < -0.4 is 10.1 Å². The Morgan fingerprint density at radius 1 is 1.32 bits per heavy atom. The van der Waals surface area contributed by atoms with Crippen LogP contribution in [-0.4, -0.2) is 31.1 Å². The summed E-state index contributed by atoms with van der Waals surface area (Å²) < 4.78 is 11.0. The second-order valence-corrected chi connectivity index (χ2v) is 4.70. The lowest BCUT2D eigenvalue weighted by atomic mass is 10.3. The number of halogens is 1. The van der Waals surface area contributed by atoms with E-state index in [-0.39, 0.29) is 19.1 Å². The molecule has 0 spiro atoms. The largest absolute Gasteiger partial charge is 0.484 e. The SMILES string of the molecule is CCOC(=O)[C@H](C)NC(=O)COc1ccc(Br)cc1. The summed E-state index contributed by atoms with van der Waals surface area (Å²) in [5.41, 5.74) is 0. The Morgan fingerprint density at radius 2 is 1.95 bits per heavy atom. The first kappa shape index (κ1) is 15.5. The molecule has 0 aliphatic heterocycles. The van der Waals surface area contributed by atoms with E-state index in [1.165, 1.54) is 0 Å². The minimum absolute atomic E-state index is 0.147. The van der Waals surface area contributed by atoms with Gasteiger partial charge in [0.25, 0.3) is 5.91 Å². The zero-order chi connectivity index (χ0) is 14.3. The number of rotatable bonds is 6. The highest BCUT2D eigenvalue weighted by atomic mass is 79.9. The van der Waals surface area contributed by atoms with Gasteiger partial charge in [-0.2, -0.15) is 0 Å². The van der Waals surface area contributed by atoms with E-state index in [1.807, 2.05) is 12.1 Å². The number of hydrogen-bond donors (Lipinski definition) is 1. The summed E-state index contributed by atoms with van der Waals surface area (Å²) >= 11 is 3.30. The van der Waals surface area contributed by atoms with Crippen LogP contribution >= 0.6 is 15.9 Å². The van der Waals surface area contributed by atoms with E-state index in [4.69, 9.17) is 9.47 Å². The normalized spacial score (nSPS) is 11.5. The minimum atomic E-state index is -0.680. The standard InChI is InChI=1S/C13H16BrNO4/c1-3-18-13(17)9(2)15-12(16)8-19-11-6-4-10(14)5-7-11/h4-7,9H,3,8H2,1-2H3,(H,15,16)/t9-/m0/s1. The van der Waals surface area contributed by atoms with Crippen LogP contribution in [0.3, 0.4) is 0 Å². The van der Waals surface area contributed by atoms with Gasteiger partial charge in [0.2, 0.25) is 0 Å². The Morgan fingerprint density at radius 3 is 2.53 bits per heavy atom. The third-order valence-corrected chi connectivity index (χ3v) is 2.73. The Hall–Kier alpha value is -1.56. The number of amides is 1. The summed E-state index contributed by atoms with van der Waals surface area (Å²) in [5.74, 6) is -0.245. The van der Waals surface area contributed by atoms with Gasteiger partial charge in [0.15, 0.2) is 6.61 Å². The molecule has 6 heteroatoms. The second-order valence-electron chi connectivity index (χ2n) is 3.78. The summed E-state index contributed by atoms with van der Waals surface area (Å²) in [7, 11) is 0. The van der Waals surface area contributed by atoms with Gasteiger partial charge in [-0.1, -0.05) is 15.9 Å². The van der Waals surface area contributed by atoms with E-state index in [2.05, 4.69) is 21.2 Å². The smallest absolute Gasteiger partial charge is 0.328 e. The van der Waals surface area contributed by atoms with Crippen LogP contribution in [0.15, 0.2) is 28.7 Å². The Kier molecular flexibility index (Phi) is 6.35. The van der Waals surface area contributed by atoms with Crippen LogP contribution in [0.1, 0.15) is 13.8 Å². The highest BCUT2D eigenvalue weighted by Crippen LogP contribution is 2.15. The fourth-order valence-electron chi connectivity index (χ4n) is 1.29. The molecule has 0 saturated heterocycles. The van der Waals surface area contributed by atoms with Crippen LogP contribution in [0.2, 0.25) is 0 Å². The summed E-state index contributed by atoms with van der Waals surface area (Å²) in [6, 6.07) is 6.43. The van der Waals surface area contributed by atoms with Gasteiger partial charge >= 0.3 is 5.97 Å². The van der Waals surface area contributed by atoms with Crippen molar-refractivity contribution >= 4 is 27.8 Å². The molecule has 0 aliphatic rings. The van der Waals surface area contributed by atoms with Crippen molar-refractivity contribution < 1.29 is 19.1 Å². The number of carbonyl (C=O) groups excluding carboxylic acids is 2. The van der Waals surface area contributed by atoms with Gasteiger partial charge in [-0.3, -0.25) is 4.79 Å². The Labute approximate surface area is 120 Å². The zero-order valence-corrected chi connectivity index (χ0v) is 12.4. The maximum Gasteiger partial charge on any atom is 0.328 e. The summed E-state index contributed by atoms with van der Waals surface area (Å²) in [4.78, 5) is 22.9. The molecular weight excluding hydrogens is 314 g/mol. The molecule has 104 valence electrons. The first-order valence-electron chi connectivity index (χ1n) is 5.87. The van der Waals surface area contributed by atoms with Crippen LogP contribution in [0.25, 0.3) is 0 Å². The minimum Gasteiger partial charge on any atom is -0.484 e. The van der Waals surface area contributed by atoms with E-state index >= 15 is 0 Å². The summed E-state index contributed by atoms with van der Waals surface area (Å²) in [6.07, 6.45) is 0. The molecule has 0 saturated carbocycles. The van der Waals surface area contributed by atoms with Crippen molar-refractivity contribution in [3.8, 4) is 5.75 Å². The first-order valence-corrected chi connectivity index (χ1v) is 6.66. The second kappa shape index (κ2) is 7.78. The number of hydrogen-bond acceptors (Lipinski definition) is 4. The van der Waals surface area contributed by atoms with Gasteiger partial charge < -0.3 is 14.8 Å². The lowest BCUT2D eigenvalue weighted by Crippen LogP contribution is -2.41. The molecule has 1 rings (SSSR count). The van der Waals surface area contributed by atoms with Crippen LogP contribution in [0.4, 0.5) is 0 Å². The fourth-order valence-corrected chi connectivity index (χ4v) is 1.55. The van der Waals surface area contributed by atoms with Crippen molar-refractivity contribution in [2.45, 2.75) is 19.9 Å². The highest BCUT2D eigenvalue weighted by molar-refractivity contribution is 9.10. The van der Waals surface area contributed by atoms with Crippen LogP contribution in [0, 0.1) is 0 Å². The molecule has 0 fully saturated rings. The van der Waals surface area contributed by atoms with Crippen LogP contribution in [0.5, 0.6) is 5.75 Å². The molecule has 0 unspecified atom stereocenters. The molecule has 5 nitrogen and oxygen atoms in total. The number of esters is 1. The number of carbonyl (C=O) groups is 2. The predicted octanol–water partition coefficient (Wildman–Crippen LogP) is 1.90. The van der Waals surface area contributed by atoms with Gasteiger partial charge in [-0.05, 0) is 38.1 Å². The third-order valence-electron chi connectivity index (χ3n) is 2.20. The number of benzene rings is 1. The molecule has 0 heterocycles. The topological polar surface area (TPSA) is 64.6 Å². The van der Waals surface area contributed by atoms with E-state index in [1.54, 1.807) is 26.0 Å². The fraction of sp³-hybridized carbons (Fsp3) is 0.385. The van der Waals surface area contributed by atoms with Gasteiger partial charge in [-0.25, -0.2) is 4.79 Å². The first-order chi connectivity index (χ1) is 9.02. The zero-order valence-electron chi connectivity index (χ0n) is 10.8. The predicted molar refractivity (Wildman–Crippen MR) is 73.9 cm³/mol.